The molecular formula is C19H28O4. The zero-order chi connectivity index (χ0) is 17.2. The molecule has 0 amide bonds. The lowest BCUT2D eigenvalue weighted by Crippen LogP contribution is -2.11. The highest BCUT2D eigenvalue weighted by atomic mass is 16.5. The molecule has 0 aliphatic rings. The summed E-state index contributed by atoms with van der Waals surface area (Å²) in [5.74, 6) is 0.608. The minimum atomic E-state index is -0.319. The summed E-state index contributed by atoms with van der Waals surface area (Å²) in [5.41, 5.74) is 2.24. The molecule has 0 saturated carbocycles. The van der Waals surface area contributed by atoms with Crippen LogP contribution in [0.2, 0.25) is 0 Å². The van der Waals surface area contributed by atoms with Crippen molar-refractivity contribution < 1.29 is 19.1 Å². The zero-order valence-corrected chi connectivity index (χ0v) is 14.7. The number of benzene rings is 1. The van der Waals surface area contributed by atoms with Gasteiger partial charge < -0.3 is 9.47 Å². The summed E-state index contributed by atoms with van der Waals surface area (Å²) in [5, 5.41) is 0. The first-order valence-electron chi connectivity index (χ1n) is 8.32. The van der Waals surface area contributed by atoms with Gasteiger partial charge in [-0.25, -0.2) is 0 Å². The van der Waals surface area contributed by atoms with E-state index in [1.807, 2.05) is 26.0 Å². The van der Waals surface area contributed by atoms with Gasteiger partial charge in [0.2, 0.25) is 0 Å². The number of ether oxygens (including phenoxy) is 2. The third-order valence-electron chi connectivity index (χ3n) is 3.66. The molecular weight excluding hydrogens is 292 g/mol. The van der Waals surface area contributed by atoms with Gasteiger partial charge in [0.25, 0.3) is 0 Å². The molecule has 4 nitrogen and oxygen atoms in total. The Labute approximate surface area is 139 Å². The third kappa shape index (κ3) is 8.38. The normalized spacial score (nSPS) is 10.7. The van der Waals surface area contributed by atoms with E-state index in [0.717, 1.165) is 24.0 Å². The molecule has 1 aromatic carbocycles. The summed E-state index contributed by atoms with van der Waals surface area (Å²) >= 11 is 0. The molecule has 128 valence electrons. The summed E-state index contributed by atoms with van der Waals surface area (Å²) in [7, 11) is 0. The van der Waals surface area contributed by atoms with Crippen molar-refractivity contribution in [3.63, 3.8) is 0 Å². The standard InChI is InChI=1S/C19H28O4/c1-14(2)7-6-12-22-18(20)8-5-9-19(21)23-17-11-10-15(3)16(4)13-17/h10-11,13-14H,5-9,12H2,1-4H3. The van der Waals surface area contributed by atoms with Gasteiger partial charge in [0.1, 0.15) is 5.75 Å². The Hall–Kier alpha value is -1.84. The van der Waals surface area contributed by atoms with E-state index < -0.39 is 0 Å². The number of hydrogen-bond donors (Lipinski definition) is 0. The van der Waals surface area contributed by atoms with Gasteiger partial charge >= 0.3 is 11.9 Å². The van der Waals surface area contributed by atoms with Crippen LogP contribution in [0.5, 0.6) is 5.75 Å². The molecule has 0 atom stereocenters. The molecule has 0 radical (unpaired) electrons. The Kier molecular flexibility index (Phi) is 8.38. The quantitative estimate of drug-likeness (QED) is 0.385. The third-order valence-corrected chi connectivity index (χ3v) is 3.66. The molecule has 0 aliphatic heterocycles. The van der Waals surface area contributed by atoms with E-state index in [0.29, 0.717) is 24.7 Å². The highest BCUT2D eigenvalue weighted by Gasteiger charge is 2.09. The molecule has 0 fully saturated rings. The Bertz CT molecular complexity index is 520. The molecule has 0 heterocycles. The maximum Gasteiger partial charge on any atom is 0.311 e. The molecule has 23 heavy (non-hydrogen) atoms. The van der Waals surface area contributed by atoms with Crippen LogP contribution in [-0.2, 0) is 14.3 Å². The van der Waals surface area contributed by atoms with Crippen molar-refractivity contribution in [2.75, 3.05) is 6.61 Å². The SMILES string of the molecule is Cc1ccc(OC(=O)CCCC(=O)OCCCC(C)C)cc1C. The van der Waals surface area contributed by atoms with Gasteiger partial charge in [-0.1, -0.05) is 19.9 Å². The smallest absolute Gasteiger partial charge is 0.311 e. The maximum absolute atomic E-state index is 11.8. The second kappa shape index (κ2) is 10.0. The predicted octanol–water partition coefficient (Wildman–Crippen LogP) is 4.36. The molecule has 0 saturated heterocycles. The van der Waals surface area contributed by atoms with Crippen molar-refractivity contribution in [1.82, 2.24) is 0 Å². The highest BCUT2D eigenvalue weighted by molar-refractivity contribution is 5.74. The first-order valence-corrected chi connectivity index (χ1v) is 8.32. The number of esters is 2. The molecule has 1 rings (SSSR count). The maximum atomic E-state index is 11.8. The minimum absolute atomic E-state index is 0.216. The summed E-state index contributed by atoms with van der Waals surface area (Å²) in [6, 6.07) is 5.55. The summed E-state index contributed by atoms with van der Waals surface area (Å²) in [6.45, 7) is 8.73. The van der Waals surface area contributed by atoms with Crippen molar-refractivity contribution >= 4 is 11.9 Å². The lowest BCUT2D eigenvalue weighted by Gasteiger charge is -2.07. The Morgan fingerprint density at radius 3 is 2.35 bits per heavy atom. The van der Waals surface area contributed by atoms with Crippen molar-refractivity contribution in [3.8, 4) is 5.75 Å². The topological polar surface area (TPSA) is 52.6 Å². The number of rotatable bonds is 9. The van der Waals surface area contributed by atoms with Crippen LogP contribution in [0.15, 0.2) is 18.2 Å². The van der Waals surface area contributed by atoms with Gasteiger partial charge in [0.05, 0.1) is 6.61 Å². The van der Waals surface area contributed by atoms with Crippen LogP contribution < -0.4 is 4.74 Å². The van der Waals surface area contributed by atoms with E-state index in [2.05, 4.69) is 13.8 Å². The molecule has 0 aliphatic carbocycles. The van der Waals surface area contributed by atoms with Crippen molar-refractivity contribution in [3.05, 3.63) is 29.3 Å². The number of hydrogen-bond acceptors (Lipinski definition) is 4. The molecule has 0 aromatic heterocycles. The van der Waals surface area contributed by atoms with E-state index in [9.17, 15) is 9.59 Å². The number of carbonyl (C=O) groups excluding carboxylic acids is 2. The monoisotopic (exact) mass is 320 g/mol. The molecule has 0 unspecified atom stereocenters. The largest absolute Gasteiger partial charge is 0.466 e. The van der Waals surface area contributed by atoms with Crippen LogP contribution >= 0.6 is 0 Å². The minimum Gasteiger partial charge on any atom is -0.466 e. The molecule has 0 N–H and O–H groups in total. The first kappa shape index (κ1) is 19.2. The van der Waals surface area contributed by atoms with E-state index in [1.165, 1.54) is 0 Å². The number of aryl methyl sites for hydroxylation is 2. The lowest BCUT2D eigenvalue weighted by atomic mass is 10.1. The van der Waals surface area contributed by atoms with Gasteiger partial charge in [-0.3, -0.25) is 9.59 Å². The van der Waals surface area contributed by atoms with Crippen LogP contribution in [0.1, 0.15) is 57.1 Å². The highest BCUT2D eigenvalue weighted by Crippen LogP contribution is 2.17. The summed E-state index contributed by atoms with van der Waals surface area (Å²) in [6.07, 6.45) is 2.86. The lowest BCUT2D eigenvalue weighted by molar-refractivity contribution is -0.144. The van der Waals surface area contributed by atoms with E-state index in [1.54, 1.807) is 6.07 Å². The fourth-order valence-electron chi connectivity index (χ4n) is 2.09. The van der Waals surface area contributed by atoms with Gasteiger partial charge in [-0.05, 0) is 62.3 Å². The second-order valence-electron chi connectivity index (χ2n) is 6.33. The van der Waals surface area contributed by atoms with Crippen LogP contribution in [0.25, 0.3) is 0 Å². The van der Waals surface area contributed by atoms with Crippen molar-refractivity contribution in [2.45, 2.75) is 59.8 Å². The summed E-state index contributed by atoms with van der Waals surface area (Å²) < 4.78 is 10.4. The Morgan fingerprint density at radius 2 is 1.70 bits per heavy atom. The van der Waals surface area contributed by atoms with E-state index in [-0.39, 0.29) is 24.8 Å². The Balaban J connectivity index is 2.18. The zero-order valence-electron chi connectivity index (χ0n) is 14.7. The van der Waals surface area contributed by atoms with E-state index >= 15 is 0 Å². The fourth-order valence-corrected chi connectivity index (χ4v) is 2.09. The molecule has 1 aromatic rings. The van der Waals surface area contributed by atoms with Crippen LogP contribution in [-0.4, -0.2) is 18.5 Å². The molecule has 0 bridgehead atoms. The molecule has 0 spiro atoms. The van der Waals surface area contributed by atoms with Gasteiger partial charge in [-0.2, -0.15) is 0 Å². The predicted molar refractivity (Wildman–Crippen MR) is 90.4 cm³/mol. The Morgan fingerprint density at radius 1 is 1.00 bits per heavy atom. The van der Waals surface area contributed by atoms with Crippen LogP contribution in [0, 0.1) is 19.8 Å². The fraction of sp³-hybridized carbons (Fsp3) is 0.579. The second-order valence-corrected chi connectivity index (χ2v) is 6.33. The average molecular weight is 320 g/mol. The number of carbonyl (C=O) groups is 2. The first-order chi connectivity index (χ1) is 10.9. The van der Waals surface area contributed by atoms with Crippen LogP contribution in [0.3, 0.4) is 0 Å². The summed E-state index contributed by atoms with van der Waals surface area (Å²) in [4.78, 5) is 23.3. The van der Waals surface area contributed by atoms with Crippen LogP contribution in [0.4, 0.5) is 0 Å². The van der Waals surface area contributed by atoms with Gasteiger partial charge in [-0.15, -0.1) is 0 Å². The van der Waals surface area contributed by atoms with Crippen molar-refractivity contribution in [2.24, 2.45) is 5.92 Å². The van der Waals surface area contributed by atoms with Gasteiger partial charge in [0, 0.05) is 12.8 Å². The van der Waals surface area contributed by atoms with E-state index in [4.69, 9.17) is 9.47 Å². The van der Waals surface area contributed by atoms with Gasteiger partial charge in [0.15, 0.2) is 0 Å². The van der Waals surface area contributed by atoms with Crippen molar-refractivity contribution in [1.29, 1.82) is 0 Å². The average Bonchev–Trinajstić information content (AvgIpc) is 2.47. The molecule has 4 heteroatoms.